The van der Waals surface area contributed by atoms with Crippen molar-refractivity contribution in [3.8, 4) is 0 Å². The van der Waals surface area contributed by atoms with E-state index in [0.29, 0.717) is 18.5 Å². The average Bonchev–Trinajstić information content (AvgIpc) is 2.38. The normalized spacial score (nSPS) is 9.80. The van der Waals surface area contributed by atoms with E-state index < -0.39 is 17.9 Å². The Morgan fingerprint density at radius 3 is 2.40 bits per heavy atom. The molecule has 5 N–H and O–H groups in total. The van der Waals surface area contributed by atoms with Crippen molar-refractivity contribution in [2.75, 3.05) is 13.1 Å². The van der Waals surface area contributed by atoms with Gasteiger partial charge in [-0.05, 0) is 18.1 Å². The molecule has 20 heavy (non-hydrogen) atoms. The number of carbonyl (C=O) groups excluding carboxylic acids is 2. The second-order valence-electron chi connectivity index (χ2n) is 4.11. The van der Waals surface area contributed by atoms with Crippen molar-refractivity contribution < 1.29 is 19.5 Å². The zero-order valence-corrected chi connectivity index (χ0v) is 10.9. The van der Waals surface area contributed by atoms with Gasteiger partial charge < -0.3 is 21.5 Å². The highest BCUT2D eigenvalue weighted by atomic mass is 16.4. The number of aromatic carboxylic acids is 1. The van der Waals surface area contributed by atoms with Gasteiger partial charge in [0.15, 0.2) is 0 Å². The summed E-state index contributed by atoms with van der Waals surface area (Å²) in [5, 5.41) is 14.0. The van der Waals surface area contributed by atoms with Crippen molar-refractivity contribution in [3.05, 3.63) is 35.4 Å². The molecule has 0 spiro atoms. The van der Waals surface area contributed by atoms with Crippen LogP contribution in [-0.2, 0) is 11.2 Å². The van der Waals surface area contributed by atoms with Gasteiger partial charge in [0, 0.05) is 19.5 Å². The van der Waals surface area contributed by atoms with Gasteiger partial charge in [0.25, 0.3) is 0 Å². The van der Waals surface area contributed by atoms with Crippen LogP contribution in [0.1, 0.15) is 22.3 Å². The molecule has 0 heterocycles. The maximum Gasteiger partial charge on any atom is 0.335 e. The third-order valence-electron chi connectivity index (χ3n) is 2.58. The molecule has 7 heteroatoms. The Balaban J connectivity index is 2.35. The summed E-state index contributed by atoms with van der Waals surface area (Å²) in [5.74, 6) is -1.48. The highest BCUT2D eigenvalue weighted by molar-refractivity contribution is 5.89. The molecule has 0 saturated carbocycles. The molecule has 0 aliphatic carbocycles. The van der Waals surface area contributed by atoms with Gasteiger partial charge in [0.2, 0.25) is 5.91 Å². The van der Waals surface area contributed by atoms with Crippen LogP contribution in [0.4, 0.5) is 4.79 Å². The molecule has 0 radical (unpaired) electrons. The fourth-order valence-corrected chi connectivity index (χ4v) is 1.62. The van der Waals surface area contributed by atoms with Gasteiger partial charge in [-0.3, -0.25) is 4.79 Å². The van der Waals surface area contributed by atoms with E-state index in [-0.39, 0.29) is 18.5 Å². The molecule has 0 aliphatic rings. The molecule has 0 aromatic heterocycles. The lowest BCUT2D eigenvalue weighted by Gasteiger charge is -2.08. The molecule has 108 valence electrons. The molecular weight excluding hydrogens is 262 g/mol. The van der Waals surface area contributed by atoms with E-state index in [1.807, 2.05) is 0 Å². The summed E-state index contributed by atoms with van der Waals surface area (Å²) in [6.07, 6.45) is 0.487. The zero-order valence-electron chi connectivity index (χ0n) is 10.9. The fourth-order valence-electron chi connectivity index (χ4n) is 1.62. The molecule has 0 saturated heterocycles. The number of nitrogens with one attached hydrogen (secondary N) is 2. The molecule has 1 aromatic carbocycles. The highest BCUT2D eigenvalue weighted by Gasteiger charge is 2.08. The summed E-state index contributed by atoms with van der Waals surface area (Å²) < 4.78 is 0. The number of amides is 3. The standard InChI is InChI=1S/C13H17N3O4/c14-11(17)6-8-16-13(20)15-7-5-9-3-1-2-4-10(9)12(18)19/h1-4H,5-8H2,(H2,14,17)(H,18,19)(H2,15,16,20). The number of rotatable bonds is 7. The van der Waals surface area contributed by atoms with Crippen molar-refractivity contribution in [1.82, 2.24) is 10.6 Å². The molecule has 0 atom stereocenters. The van der Waals surface area contributed by atoms with Crippen LogP contribution in [0.5, 0.6) is 0 Å². The Hall–Kier alpha value is -2.57. The highest BCUT2D eigenvalue weighted by Crippen LogP contribution is 2.08. The van der Waals surface area contributed by atoms with Crippen molar-refractivity contribution in [2.45, 2.75) is 12.8 Å². The molecule has 7 nitrogen and oxygen atoms in total. The molecule has 0 aliphatic heterocycles. The van der Waals surface area contributed by atoms with E-state index in [4.69, 9.17) is 10.8 Å². The van der Waals surface area contributed by atoms with E-state index >= 15 is 0 Å². The molecule has 0 bridgehead atoms. The Kier molecular flexibility index (Phi) is 6.02. The van der Waals surface area contributed by atoms with Gasteiger partial charge >= 0.3 is 12.0 Å². The zero-order chi connectivity index (χ0) is 15.0. The minimum absolute atomic E-state index is 0.0786. The number of hydrogen-bond donors (Lipinski definition) is 4. The van der Waals surface area contributed by atoms with Crippen molar-refractivity contribution in [1.29, 1.82) is 0 Å². The van der Waals surface area contributed by atoms with E-state index in [9.17, 15) is 14.4 Å². The smallest absolute Gasteiger partial charge is 0.335 e. The fraction of sp³-hybridized carbons (Fsp3) is 0.308. The van der Waals surface area contributed by atoms with Crippen molar-refractivity contribution in [2.24, 2.45) is 5.73 Å². The Bertz CT molecular complexity index is 502. The Labute approximate surface area is 116 Å². The number of benzene rings is 1. The van der Waals surface area contributed by atoms with E-state index in [1.54, 1.807) is 18.2 Å². The monoisotopic (exact) mass is 279 g/mol. The number of carboxylic acids is 1. The van der Waals surface area contributed by atoms with Crippen molar-refractivity contribution in [3.63, 3.8) is 0 Å². The van der Waals surface area contributed by atoms with E-state index in [2.05, 4.69) is 10.6 Å². The second kappa shape index (κ2) is 7.78. The summed E-state index contributed by atoms with van der Waals surface area (Å²) in [7, 11) is 0. The van der Waals surface area contributed by atoms with Gasteiger partial charge in [0.1, 0.15) is 0 Å². The van der Waals surface area contributed by atoms with Gasteiger partial charge in [-0.2, -0.15) is 0 Å². The summed E-state index contributed by atoms with van der Waals surface area (Å²) in [6.45, 7) is 0.472. The molecule has 0 unspecified atom stereocenters. The van der Waals surface area contributed by atoms with Crippen LogP contribution in [0.25, 0.3) is 0 Å². The maximum absolute atomic E-state index is 11.3. The minimum Gasteiger partial charge on any atom is -0.478 e. The summed E-state index contributed by atoms with van der Waals surface area (Å²) in [4.78, 5) is 32.8. The number of carbonyl (C=O) groups is 3. The van der Waals surface area contributed by atoms with Crippen LogP contribution in [0.15, 0.2) is 24.3 Å². The quantitative estimate of drug-likeness (QED) is 0.565. The Morgan fingerprint density at radius 1 is 1.10 bits per heavy atom. The van der Waals surface area contributed by atoms with Gasteiger partial charge in [-0.1, -0.05) is 18.2 Å². The first-order valence-corrected chi connectivity index (χ1v) is 6.12. The van der Waals surface area contributed by atoms with Gasteiger partial charge in [-0.25, -0.2) is 9.59 Å². The minimum atomic E-state index is -0.994. The van der Waals surface area contributed by atoms with Crippen LogP contribution in [-0.4, -0.2) is 36.1 Å². The van der Waals surface area contributed by atoms with Gasteiger partial charge in [0.05, 0.1) is 5.56 Å². The number of hydrogen-bond acceptors (Lipinski definition) is 3. The first-order valence-electron chi connectivity index (χ1n) is 6.12. The third-order valence-corrected chi connectivity index (χ3v) is 2.58. The lowest BCUT2D eigenvalue weighted by Crippen LogP contribution is -2.38. The van der Waals surface area contributed by atoms with Crippen LogP contribution in [0.2, 0.25) is 0 Å². The number of nitrogens with two attached hydrogens (primary N) is 1. The third kappa shape index (κ3) is 5.38. The second-order valence-corrected chi connectivity index (χ2v) is 4.11. The van der Waals surface area contributed by atoms with E-state index in [1.165, 1.54) is 6.07 Å². The lowest BCUT2D eigenvalue weighted by molar-refractivity contribution is -0.117. The molecule has 0 fully saturated rings. The van der Waals surface area contributed by atoms with Gasteiger partial charge in [-0.15, -0.1) is 0 Å². The lowest BCUT2D eigenvalue weighted by atomic mass is 10.0. The maximum atomic E-state index is 11.3. The van der Waals surface area contributed by atoms with Crippen LogP contribution < -0.4 is 16.4 Å². The molecular formula is C13H17N3O4. The van der Waals surface area contributed by atoms with Crippen molar-refractivity contribution >= 4 is 17.9 Å². The Morgan fingerprint density at radius 2 is 1.75 bits per heavy atom. The average molecular weight is 279 g/mol. The van der Waals surface area contributed by atoms with E-state index in [0.717, 1.165) is 0 Å². The largest absolute Gasteiger partial charge is 0.478 e. The number of urea groups is 1. The summed E-state index contributed by atoms with van der Waals surface area (Å²) in [5.41, 5.74) is 5.81. The first-order chi connectivity index (χ1) is 9.50. The van der Waals surface area contributed by atoms with Crippen LogP contribution in [0, 0.1) is 0 Å². The van der Waals surface area contributed by atoms with Crippen LogP contribution in [0.3, 0.4) is 0 Å². The SMILES string of the molecule is NC(=O)CCNC(=O)NCCc1ccccc1C(=O)O. The number of carboxylic acid groups (broad SMARTS) is 1. The molecule has 1 rings (SSSR count). The predicted octanol–water partition coefficient (Wildman–Crippen LogP) is 0.102. The summed E-state index contributed by atoms with van der Waals surface area (Å²) >= 11 is 0. The summed E-state index contributed by atoms with van der Waals surface area (Å²) in [6, 6.07) is 6.20. The molecule has 3 amide bonds. The predicted molar refractivity (Wildman–Crippen MR) is 72.3 cm³/mol. The molecule has 1 aromatic rings. The topological polar surface area (TPSA) is 122 Å². The van der Waals surface area contributed by atoms with Crippen LogP contribution >= 0.6 is 0 Å². The first kappa shape index (κ1) is 15.5. The number of primary amides is 1.